The second-order valence-electron chi connectivity index (χ2n) is 6.62. The highest BCUT2D eigenvalue weighted by molar-refractivity contribution is 5.78. The van der Waals surface area contributed by atoms with Crippen molar-refractivity contribution in [1.82, 2.24) is 15.5 Å². The third-order valence-corrected chi connectivity index (χ3v) is 5.04. The fraction of sp³-hybridized carbons (Fsp3) is 0.938. The number of nitrogens with one attached hydrogen (secondary N) is 2. The highest BCUT2D eigenvalue weighted by Gasteiger charge is 2.25. The highest BCUT2D eigenvalue weighted by atomic mass is 16.2. The number of amides is 1. The number of piperidine rings is 1. The van der Waals surface area contributed by atoms with Crippen molar-refractivity contribution in [2.75, 3.05) is 26.7 Å². The van der Waals surface area contributed by atoms with Crippen LogP contribution in [0.2, 0.25) is 0 Å². The molecule has 1 saturated heterocycles. The quantitative estimate of drug-likeness (QED) is 0.807. The molecule has 4 heteroatoms. The van der Waals surface area contributed by atoms with Gasteiger partial charge in [0, 0.05) is 18.6 Å². The molecule has 116 valence electrons. The van der Waals surface area contributed by atoms with Crippen LogP contribution in [0, 0.1) is 5.92 Å². The first-order chi connectivity index (χ1) is 9.69. The molecule has 0 aromatic heterocycles. The van der Waals surface area contributed by atoms with Crippen LogP contribution in [0.1, 0.15) is 51.9 Å². The Balaban J connectivity index is 1.72. The van der Waals surface area contributed by atoms with E-state index in [1.54, 1.807) is 0 Å². The summed E-state index contributed by atoms with van der Waals surface area (Å²) in [7, 11) is 2.03. The summed E-state index contributed by atoms with van der Waals surface area (Å²) in [5.41, 5.74) is 0. The van der Waals surface area contributed by atoms with Gasteiger partial charge in [0.1, 0.15) is 0 Å². The van der Waals surface area contributed by atoms with Gasteiger partial charge in [-0.25, -0.2) is 0 Å². The highest BCUT2D eigenvalue weighted by Crippen LogP contribution is 2.20. The molecule has 0 spiro atoms. The average Bonchev–Trinajstić information content (AvgIpc) is 2.47. The Morgan fingerprint density at radius 1 is 1.20 bits per heavy atom. The molecule has 0 radical (unpaired) electrons. The Morgan fingerprint density at radius 2 is 1.95 bits per heavy atom. The van der Waals surface area contributed by atoms with E-state index in [4.69, 9.17) is 0 Å². The minimum Gasteiger partial charge on any atom is -0.352 e. The molecule has 2 unspecified atom stereocenters. The topological polar surface area (TPSA) is 44.4 Å². The lowest BCUT2D eigenvalue weighted by Crippen LogP contribution is -2.48. The fourth-order valence-electron chi connectivity index (χ4n) is 3.60. The number of carbonyl (C=O) groups is 1. The van der Waals surface area contributed by atoms with Crippen molar-refractivity contribution in [3.63, 3.8) is 0 Å². The molecule has 2 atom stereocenters. The summed E-state index contributed by atoms with van der Waals surface area (Å²) < 4.78 is 0. The lowest BCUT2D eigenvalue weighted by molar-refractivity contribution is -0.123. The fourth-order valence-corrected chi connectivity index (χ4v) is 3.60. The van der Waals surface area contributed by atoms with Crippen molar-refractivity contribution in [3.05, 3.63) is 0 Å². The van der Waals surface area contributed by atoms with E-state index in [0.29, 0.717) is 24.5 Å². The Bertz CT molecular complexity index is 302. The summed E-state index contributed by atoms with van der Waals surface area (Å²) in [5.74, 6) is 0.908. The minimum atomic E-state index is 0.231. The first-order valence-corrected chi connectivity index (χ1v) is 8.38. The molecule has 1 aliphatic heterocycles. The average molecular weight is 281 g/mol. The molecule has 2 aliphatic rings. The molecule has 0 bridgehead atoms. The number of hydrogen-bond acceptors (Lipinski definition) is 3. The van der Waals surface area contributed by atoms with Crippen molar-refractivity contribution >= 4 is 5.91 Å². The Kier molecular flexibility index (Phi) is 6.30. The number of rotatable bonds is 5. The largest absolute Gasteiger partial charge is 0.352 e. The number of nitrogens with zero attached hydrogens (tertiary/aromatic N) is 1. The zero-order chi connectivity index (χ0) is 14.4. The van der Waals surface area contributed by atoms with Gasteiger partial charge in [-0.15, -0.1) is 0 Å². The van der Waals surface area contributed by atoms with Crippen LogP contribution in [0.3, 0.4) is 0 Å². The first-order valence-electron chi connectivity index (χ1n) is 8.38. The van der Waals surface area contributed by atoms with Crippen molar-refractivity contribution in [1.29, 1.82) is 0 Å². The molecule has 2 N–H and O–H groups in total. The van der Waals surface area contributed by atoms with Gasteiger partial charge in [-0.05, 0) is 52.1 Å². The third kappa shape index (κ3) is 4.74. The van der Waals surface area contributed by atoms with Gasteiger partial charge in [0.2, 0.25) is 5.91 Å². The SMILES string of the molecule is CNC(C)C1CCCN(CC(=O)NC2CCCCC2)C1. The molecular weight excluding hydrogens is 250 g/mol. The second kappa shape index (κ2) is 7.99. The zero-order valence-corrected chi connectivity index (χ0v) is 13.2. The number of hydrogen-bond donors (Lipinski definition) is 2. The maximum absolute atomic E-state index is 12.2. The predicted octanol–water partition coefficient (Wildman–Crippen LogP) is 1.76. The number of likely N-dealkylation sites (tertiary alicyclic amines) is 1. The van der Waals surface area contributed by atoms with Crippen LogP contribution in [0.15, 0.2) is 0 Å². The van der Waals surface area contributed by atoms with Crippen molar-refractivity contribution in [2.24, 2.45) is 5.92 Å². The van der Waals surface area contributed by atoms with Crippen molar-refractivity contribution in [2.45, 2.75) is 64.0 Å². The van der Waals surface area contributed by atoms with Gasteiger partial charge < -0.3 is 10.6 Å². The molecule has 0 aromatic carbocycles. The lowest BCUT2D eigenvalue weighted by atomic mass is 9.91. The van der Waals surface area contributed by atoms with Crippen LogP contribution in [0.25, 0.3) is 0 Å². The maximum atomic E-state index is 12.2. The summed E-state index contributed by atoms with van der Waals surface area (Å²) in [6.07, 6.45) is 8.72. The van der Waals surface area contributed by atoms with Gasteiger partial charge in [0.05, 0.1) is 6.54 Å². The van der Waals surface area contributed by atoms with Gasteiger partial charge in [-0.1, -0.05) is 19.3 Å². The van der Waals surface area contributed by atoms with Gasteiger partial charge in [0.15, 0.2) is 0 Å². The predicted molar refractivity (Wildman–Crippen MR) is 82.7 cm³/mol. The molecule has 2 rings (SSSR count). The van der Waals surface area contributed by atoms with E-state index in [2.05, 4.69) is 22.5 Å². The summed E-state index contributed by atoms with van der Waals surface area (Å²) in [6, 6.07) is 0.979. The van der Waals surface area contributed by atoms with E-state index in [9.17, 15) is 4.79 Å². The molecule has 4 nitrogen and oxygen atoms in total. The molecule has 1 heterocycles. The molecular formula is C16H31N3O. The van der Waals surface area contributed by atoms with Gasteiger partial charge in [0.25, 0.3) is 0 Å². The summed E-state index contributed by atoms with van der Waals surface area (Å²) in [6.45, 7) is 4.96. The van der Waals surface area contributed by atoms with E-state index in [0.717, 1.165) is 13.1 Å². The van der Waals surface area contributed by atoms with Crippen LogP contribution in [-0.2, 0) is 4.79 Å². The van der Waals surface area contributed by atoms with Crippen LogP contribution in [0.5, 0.6) is 0 Å². The minimum absolute atomic E-state index is 0.231. The first kappa shape index (κ1) is 15.8. The van der Waals surface area contributed by atoms with E-state index in [-0.39, 0.29) is 5.91 Å². The van der Waals surface area contributed by atoms with Crippen LogP contribution in [0.4, 0.5) is 0 Å². The van der Waals surface area contributed by atoms with E-state index in [1.165, 1.54) is 44.9 Å². The van der Waals surface area contributed by atoms with Crippen LogP contribution in [-0.4, -0.2) is 49.6 Å². The Hall–Kier alpha value is -0.610. The van der Waals surface area contributed by atoms with Gasteiger partial charge in [-0.3, -0.25) is 9.69 Å². The molecule has 1 amide bonds. The Labute approximate surface area is 123 Å². The third-order valence-electron chi connectivity index (χ3n) is 5.04. The van der Waals surface area contributed by atoms with Gasteiger partial charge >= 0.3 is 0 Å². The maximum Gasteiger partial charge on any atom is 0.234 e. The second-order valence-corrected chi connectivity index (χ2v) is 6.62. The molecule has 1 aliphatic carbocycles. The standard InChI is InChI=1S/C16H31N3O/c1-13(17-2)14-7-6-10-19(11-14)12-16(20)18-15-8-4-3-5-9-15/h13-15,17H,3-12H2,1-2H3,(H,18,20). The summed E-state index contributed by atoms with van der Waals surface area (Å²) in [5, 5.41) is 6.57. The summed E-state index contributed by atoms with van der Waals surface area (Å²) in [4.78, 5) is 14.5. The molecule has 2 fully saturated rings. The van der Waals surface area contributed by atoms with Crippen LogP contribution < -0.4 is 10.6 Å². The van der Waals surface area contributed by atoms with E-state index in [1.807, 2.05) is 7.05 Å². The van der Waals surface area contributed by atoms with Gasteiger partial charge in [-0.2, -0.15) is 0 Å². The lowest BCUT2D eigenvalue weighted by Gasteiger charge is -2.35. The smallest absolute Gasteiger partial charge is 0.234 e. The van der Waals surface area contributed by atoms with Crippen LogP contribution >= 0.6 is 0 Å². The molecule has 20 heavy (non-hydrogen) atoms. The number of carbonyl (C=O) groups excluding carboxylic acids is 1. The summed E-state index contributed by atoms with van der Waals surface area (Å²) >= 11 is 0. The normalized spacial score (nSPS) is 27.2. The Morgan fingerprint density at radius 3 is 2.65 bits per heavy atom. The van der Waals surface area contributed by atoms with Crippen molar-refractivity contribution in [3.8, 4) is 0 Å². The van der Waals surface area contributed by atoms with E-state index >= 15 is 0 Å². The molecule has 0 aromatic rings. The monoisotopic (exact) mass is 281 g/mol. The zero-order valence-electron chi connectivity index (χ0n) is 13.2. The van der Waals surface area contributed by atoms with E-state index < -0.39 is 0 Å². The molecule has 1 saturated carbocycles. The van der Waals surface area contributed by atoms with Crippen molar-refractivity contribution < 1.29 is 4.79 Å².